The van der Waals surface area contributed by atoms with Gasteiger partial charge in [-0.05, 0) is 43.2 Å². The molecule has 2 saturated heterocycles. The number of ether oxygens (including phenoxy) is 1. The van der Waals surface area contributed by atoms with E-state index >= 15 is 0 Å². The Labute approximate surface area is 214 Å². The number of piperazine rings is 1. The first-order valence-corrected chi connectivity index (χ1v) is 12.5. The van der Waals surface area contributed by atoms with Crippen molar-refractivity contribution >= 4 is 29.2 Å². The van der Waals surface area contributed by atoms with Gasteiger partial charge in [-0.25, -0.2) is 0 Å². The van der Waals surface area contributed by atoms with E-state index in [4.69, 9.17) is 20.8 Å². The summed E-state index contributed by atoms with van der Waals surface area (Å²) in [5.74, 6) is 0.597. The molecule has 4 heterocycles. The predicted octanol–water partition coefficient (Wildman–Crippen LogP) is 3.36. The third kappa shape index (κ3) is 5.52. The third-order valence-electron chi connectivity index (χ3n) is 6.55. The molecule has 0 N–H and O–H groups in total. The van der Waals surface area contributed by atoms with Gasteiger partial charge in [-0.2, -0.15) is 0 Å². The molecule has 2 amide bonds. The van der Waals surface area contributed by atoms with Gasteiger partial charge >= 0.3 is 0 Å². The molecular formula is C26H28ClN5O4. The fourth-order valence-corrected chi connectivity index (χ4v) is 4.80. The highest BCUT2D eigenvalue weighted by molar-refractivity contribution is 6.33. The van der Waals surface area contributed by atoms with Crippen LogP contribution in [0.15, 0.2) is 59.2 Å². The molecule has 3 aromatic rings. The van der Waals surface area contributed by atoms with Crippen molar-refractivity contribution in [2.75, 3.05) is 50.8 Å². The van der Waals surface area contributed by atoms with E-state index in [-0.39, 0.29) is 30.2 Å². The van der Waals surface area contributed by atoms with Crippen molar-refractivity contribution in [3.8, 4) is 11.3 Å². The number of hydrogen-bond donors (Lipinski definition) is 0. The van der Waals surface area contributed by atoms with Gasteiger partial charge in [0.2, 0.25) is 5.91 Å². The summed E-state index contributed by atoms with van der Waals surface area (Å²) in [5, 5.41) is 9.36. The van der Waals surface area contributed by atoms with Crippen LogP contribution in [0.4, 0.5) is 5.82 Å². The highest BCUT2D eigenvalue weighted by Gasteiger charge is 2.29. The van der Waals surface area contributed by atoms with Gasteiger partial charge in [0, 0.05) is 44.9 Å². The van der Waals surface area contributed by atoms with Crippen LogP contribution in [-0.4, -0.2) is 83.8 Å². The second-order valence-corrected chi connectivity index (χ2v) is 9.33. The monoisotopic (exact) mass is 509 g/mol. The lowest BCUT2D eigenvalue weighted by Crippen LogP contribution is -2.52. The van der Waals surface area contributed by atoms with Gasteiger partial charge in [-0.3, -0.25) is 9.59 Å². The molecular weight excluding hydrogens is 482 g/mol. The van der Waals surface area contributed by atoms with Crippen LogP contribution in [0.3, 0.4) is 0 Å². The summed E-state index contributed by atoms with van der Waals surface area (Å²) in [7, 11) is 0. The normalized spacial score (nSPS) is 17.9. The number of anilines is 1. The van der Waals surface area contributed by atoms with Crippen molar-refractivity contribution < 1.29 is 18.7 Å². The summed E-state index contributed by atoms with van der Waals surface area (Å²) in [6.45, 7) is 3.38. The summed E-state index contributed by atoms with van der Waals surface area (Å²) in [4.78, 5) is 31.5. The van der Waals surface area contributed by atoms with Gasteiger partial charge in [-0.15, -0.1) is 10.2 Å². The number of halogens is 1. The fourth-order valence-electron chi connectivity index (χ4n) is 4.56. The van der Waals surface area contributed by atoms with Gasteiger partial charge < -0.3 is 23.9 Å². The van der Waals surface area contributed by atoms with Crippen LogP contribution >= 0.6 is 11.6 Å². The molecule has 5 rings (SSSR count). The first kappa shape index (κ1) is 24.3. The number of aromatic nitrogens is 2. The molecule has 1 atom stereocenters. The maximum Gasteiger partial charge on any atom is 0.290 e. The number of benzene rings is 1. The average Bonchev–Trinajstić information content (AvgIpc) is 3.63. The Morgan fingerprint density at radius 1 is 1.03 bits per heavy atom. The predicted molar refractivity (Wildman–Crippen MR) is 135 cm³/mol. The van der Waals surface area contributed by atoms with E-state index in [1.807, 2.05) is 36.4 Å². The van der Waals surface area contributed by atoms with E-state index in [2.05, 4.69) is 15.1 Å². The van der Waals surface area contributed by atoms with Crippen LogP contribution in [0, 0.1) is 0 Å². The van der Waals surface area contributed by atoms with Crippen LogP contribution in [0.2, 0.25) is 5.02 Å². The molecule has 2 aromatic heterocycles. The van der Waals surface area contributed by atoms with Crippen LogP contribution in [0.5, 0.6) is 0 Å². The summed E-state index contributed by atoms with van der Waals surface area (Å²) >= 11 is 6.27. The molecule has 2 aliphatic heterocycles. The lowest BCUT2D eigenvalue weighted by Gasteiger charge is -2.36. The van der Waals surface area contributed by atoms with E-state index in [1.54, 1.807) is 21.9 Å². The molecule has 0 bridgehead atoms. The van der Waals surface area contributed by atoms with E-state index in [0.29, 0.717) is 50.0 Å². The Morgan fingerprint density at radius 3 is 2.53 bits per heavy atom. The summed E-state index contributed by atoms with van der Waals surface area (Å²) in [6, 6.07) is 14.6. The van der Waals surface area contributed by atoms with Gasteiger partial charge in [0.05, 0.1) is 23.1 Å². The van der Waals surface area contributed by atoms with Crippen molar-refractivity contribution in [1.82, 2.24) is 20.0 Å². The molecule has 0 spiro atoms. The SMILES string of the molecule is O=C(CN(CC1CCCO1)C(=O)c1ccco1)N1CCN(c2ccc(-c3ccccc3Cl)nn2)CC1. The Kier molecular flexibility index (Phi) is 7.48. The number of rotatable bonds is 7. The van der Waals surface area contributed by atoms with Crippen molar-refractivity contribution in [3.05, 3.63) is 65.6 Å². The first-order chi connectivity index (χ1) is 17.6. The average molecular weight is 510 g/mol. The van der Waals surface area contributed by atoms with Crippen LogP contribution in [0.25, 0.3) is 11.3 Å². The minimum absolute atomic E-state index is 0.00820. The molecule has 188 valence electrons. The molecule has 1 aromatic carbocycles. The standard InChI is InChI=1S/C26H28ClN5O4/c27-21-7-2-1-6-20(21)22-9-10-24(29-28-22)30-11-13-31(14-12-30)25(33)18-32(17-19-5-3-15-35-19)26(34)23-8-4-16-36-23/h1-2,4,6-10,16,19H,3,5,11-15,17-18H2. The maximum absolute atomic E-state index is 13.1. The molecule has 9 nitrogen and oxygen atoms in total. The molecule has 2 aliphatic rings. The molecule has 0 radical (unpaired) electrons. The van der Waals surface area contributed by atoms with Crippen molar-refractivity contribution in [3.63, 3.8) is 0 Å². The molecule has 0 saturated carbocycles. The number of furan rings is 1. The maximum atomic E-state index is 13.1. The first-order valence-electron chi connectivity index (χ1n) is 12.1. The zero-order valence-corrected chi connectivity index (χ0v) is 20.6. The highest BCUT2D eigenvalue weighted by Crippen LogP contribution is 2.26. The minimum atomic E-state index is -0.295. The summed E-state index contributed by atoms with van der Waals surface area (Å²) in [5.41, 5.74) is 1.55. The number of carbonyl (C=O) groups is 2. The fraction of sp³-hybridized carbons (Fsp3) is 0.385. The lowest BCUT2D eigenvalue weighted by molar-refractivity contribution is -0.132. The number of hydrogen-bond acceptors (Lipinski definition) is 7. The van der Waals surface area contributed by atoms with Crippen LogP contribution < -0.4 is 4.90 Å². The quantitative estimate of drug-likeness (QED) is 0.482. The second kappa shape index (κ2) is 11.1. The largest absolute Gasteiger partial charge is 0.459 e. The Morgan fingerprint density at radius 2 is 1.86 bits per heavy atom. The lowest BCUT2D eigenvalue weighted by atomic mass is 10.1. The molecule has 36 heavy (non-hydrogen) atoms. The van der Waals surface area contributed by atoms with E-state index < -0.39 is 0 Å². The third-order valence-corrected chi connectivity index (χ3v) is 6.88. The van der Waals surface area contributed by atoms with Crippen LogP contribution in [0.1, 0.15) is 23.4 Å². The summed E-state index contributed by atoms with van der Waals surface area (Å²) in [6.07, 6.45) is 3.25. The highest BCUT2D eigenvalue weighted by atomic mass is 35.5. The van der Waals surface area contributed by atoms with E-state index in [0.717, 1.165) is 24.2 Å². The molecule has 10 heteroatoms. The number of amides is 2. The van der Waals surface area contributed by atoms with Gasteiger partial charge in [-0.1, -0.05) is 29.8 Å². The zero-order valence-electron chi connectivity index (χ0n) is 19.9. The molecule has 2 fully saturated rings. The Hall–Kier alpha value is -3.43. The Bertz CT molecular complexity index is 1170. The van der Waals surface area contributed by atoms with E-state index in [9.17, 15) is 9.59 Å². The number of carbonyl (C=O) groups excluding carboxylic acids is 2. The van der Waals surface area contributed by atoms with E-state index in [1.165, 1.54) is 6.26 Å². The summed E-state index contributed by atoms with van der Waals surface area (Å²) < 4.78 is 11.0. The van der Waals surface area contributed by atoms with Crippen molar-refractivity contribution in [2.24, 2.45) is 0 Å². The van der Waals surface area contributed by atoms with Gasteiger partial charge in [0.25, 0.3) is 5.91 Å². The zero-order chi connectivity index (χ0) is 24.9. The van der Waals surface area contributed by atoms with Crippen molar-refractivity contribution in [2.45, 2.75) is 18.9 Å². The van der Waals surface area contributed by atoms with Gasteiger partial charge in [0.1, 0.15) is 6.54 Å². The van der Waals surface area contributed by atoms with Crippen molar-refractivity contribution in [1.29, 1.82) is 0 Å². The molecule has 1 unspecified atom stereocenters. The van der Waals surface area contributed by atoms with Gasteiger partial charge in [0.15, 0.2) is 11.6 Å². The second-order valence-electron chi connectivity index (χ2n) is 8.92. The smallest absolute Gasteiger partial charge is 0.290 e. The topological polar surface area (TPSA) is 92.0 Å². The number of nitrogens with zero attached hydrogens (tertiary/aromatic N) is 5. The minimum Gasteiger partial charge on any atom is -0.459 e. The molecule has 0 aliphatic carbocycles. The Balaban J connectivity index is 1.18. The van der Waals surface area contributed by atoms with Crippen LogP contribution in [-0.2, 0) is 9.53 Å².